The molecule has 1 atom stereocenters. The molecule has 0 fully saturated rings. The Morgan fingerprint density at radius 3 is 2.74 bits per heavy atom. The van der Waals surface area contributed by atoms with Crippen LogP contribution >= 0.6 is 0 Å². The second-order valence-electron chi connectivity index (χ2n) is 4.86. The molecule has 5 nitrogen and oxygen atoms in total. The van der Waals surface area contributed by atoms with Gasteiger partial charge in [0.25, 0.3) is 5.69 Å². The lowest BCUT2D eigenvalue weighted by atomic mass is 10.0. The molecular formula is C14H23N3O2. The molecule has 1 aromatic rings. The maximum atomic E-state index is 10.9. The zero-order valence-corrected chi connectivity index (χ0v) is 12.0. The molecule has 0 radical (unpaired) electrons. The molecule has 0 saturated heterocycles. The lowest BCUT2D eigenvalue weighted by Gasteiger charge is -2.17. The number of pyridine rings is 1. The smallest absolute Gasteiger partial charge is 0.275 e. The first-order valence-electron chi connectivity index (χ1n) is 6.91. The third-order valence-corrected chi connectivity index (χ3v) is 3.10. The molecule has 0 spiro atoms. The van der Waals surface area contributed by atoms with Crippen LogP contribution < -0.4 is 5.32 Å². The predicted molar refractivity (Wildman–Crippen MR) is 76.3 cm³/mol. The molecule has 0 aliphatic carbocycles. The van der Waals surface area contributed by atoms with Crippen LogP contribution in [-0.4, -0.2) is 22.5 Å². The first-order valence-corrected chi connectivity index (χ1v) is 6.91. The minimum absolute atomic E-state index is 0.163. The molecule has 1 rings (SSSR count). The highest BCUT2D eigenvalue weighted by Crippen LogP contribution is 2.18. The summed E-state index contributed by atoms with van der Waals surface area (Å²) in [5.74, 6) is 0. The first kappa shape index (κ1) is 15.6. The average molecular weight is 265 g/mol. The van der Waals surface area contributed by atoms with E-state index in [0.717, 1.165) is 37.9 Å². The fourth-order valence-electron chi connectivity index (χ4n) is 2.09. The Kier molecular flexibility index (Phi) is 6.42. The van der Waals surface area contributed by atoms with Gasteiger partial charge in [-0.05, 0) is 26.3 Å². The highest BCUT2D eigenvalue weighted by atomic mass is 16.6. The molecular weight excluding hydrogens is 242 g/mol. The predicted octanol–water partition coefficient (Wildman–Crippen LogP) is 3.01. The van der Waals surface area contributed by atoms with Crippen molar-refractivity contribution in [1.29, 1.82) is 0 Å². The first-order chi connectivity index (χ1) is 9.08. The van der Waals surface area contributed by atoms with Gasteiger partial charge >= 0.3 is 0 Å². The summed E-state index contributed by atoms with van der Waals surface area (Å²) in [4.78, 5) is 14.9. The number of rotatable bonds is 8. The van der Waals surface area contributed by atoms with E-state index in [-0.39, 0.29) is 10.6 Å². The molecule has 0 bridgehead atoms. The van der Waals surface area contributed by atoms with Crippen LogP contribution in [0.1, 0.15) is 44.4 Å². The quantitative estimate of drug-likeness (QED) is 0.579. The fourth-order valence-corrected chi connectivity index (χ4v) is 2.09. The monoisotopic (exact) mass is 265 g/mol. The Hall–Kier alpha value is -1.49. The van der Waals surface area contributed by atoms with Crippen molar-refractivity contribution in [3.63, 3.8) is 0 Å². The summed E-state index contributed by atoms with van der Waals surface area (Å²) >= 11 is 0. The summed E-state index contributed by atoms with van der Waals surface area (Å²) in [7, 11) is 0. The lowest BCUT2D eigenvalue weighted by Crippen LogP contribution is -2.32. The number of aryl methyl sites for hydroxylation is 1. The van der Waals surface area contributed by atoms with Gasteiger partial charge in [0, 0.05) is 36.0 Å². The normalized spacial score (nSPS) is 12.4. The maximum Gasteiger partial charge on any atom is 0.275 e. The lowest BCUT2D eigenvalue weighted by molar-refractivity contribution is -0.385. The van der Waals surface area contributed by atoms with E-state index < -0.39 is 0 Å². The van der Waals surface area contributed by atoms with Crippen molar-refractivity contribution in [3.05, 3.63) is 33.6 Å². The summed E-state index contributed by atoms with van der Waals surface area (Å²) in [6, 6.07) is 1.95. The highest BCUT2D eigenvalue weighted by Gasteiger charge is 2.15. The molecule has 0 aliphatic heterocycles. The molecule has 1 N–H and O–H groups in total. The third-order valence-electron chi connectivity index (χ3n) is 3.10. The van der Waals surface area contributed by atoms with Gasteiger partial charge in [0.05, 0.1) is 4.92 Å². The largest absolute Gasteiger partial charge is 0.314 e. The van der Waals surface area contributed by atoms with Crippen LogP contribution in [-0.2, 0) is 6.42 Å². The van der Waals surface area contributed by atoms with Crippen molar-refractivity contribution < 1.29 is 4.92 Å². The number of aromatic nitrogens is 1. The summed E-state index contributed by atoms with van der Waals surface area (Å²) in [5.41, 5.74) is 1.57. The minimum Gasteiger partial charge on any atom is -0.314 e. The van der Waals surface area contributed by atoms with E-state index in [1.54, 1.807) is 19.2 Å². The summed E-state index contributed by atoms with van der Waals surface area (Å²) in [6.45, 7) is 6.96. The van der Waals surface area contributed by atoms with Crippen molar-refractivity contribution >= 4 is 5.69 Å². The fraction of sp³-hybridized carbons (Fsp3) is 0.643. The number of nitrogens with zero attached hydrogens (tertiary/aromatic N) is 2. The van der Waals surface area contributed by atoms with Gasteiger partial charge in [-0.1, -0.05) is 20.3 Å². The standard InChI is InChI=1S/C14H23N3O2/c1-4-6-12(15-7-5-2)8-13-9-14(17(18)19)11(3)10-16-13/h9-10,12,15H,4-8H2,1-3H3. The van der Waals surface area contributed by atoms with Gasteiger partial charge in [-0.2, -0.15) is 0 Å². The van der Waals surface area contributed by atoms with Crippen LogP contribution in [0.3, 0.4) is 0 Å². The zero-order chi connectivity index (χ0) is 14.3. The Morgan fingerprint density at radius 2 is 2.16 bits per heavy atom. The van der Waals surface area contributed by atoms with E-state index in [9.17, 15) is 10.1 Å². The molecule has 0 aromatic carbocycles. The third kappa shape index (κ3) is 4.95. The van der Waals surface area contributed by atoms with E-state index in [1.165, 1.54) is 0 Å². The number of nitrogens with one attached hydrogen (secondary N) is 1. The van der Waals surface area contributed by atoms with Crippen LogP contribution in [0.2, 0.25) is 0 Å². The molecule has 0 amide bonds. The Bertz CT molecular complexity index is 421. The van der Waals surface area contributed by atoms with E-state index in [1.807, 2.05) is 0 Å². The van der Waals surface area contributed by atoms with E-state index in [0.29, 0.717) is 11.6 Å². The van der Waals surface area contributed by atoms with Crippen LogP contribution in [0, 0.1) is 17.0 Å². The van der Waals surface area contributed by atoms with Gasteiger partial charge in [-0.3, -0.25) is 15.1 Å². The highest BCUT2D eigenvalue weighted by molar-refractivity contribution is 5.38. The van der Waals surface area contributed by atoms with Gasteiger partial charge < -0.3 is 5.32 Å². The van der Waals surface area contributed by atoms with E-state index in [2.05, 4.69) is 24.1 Å². The van der Waals surface area contributed by atoms with Crippen molar-refractivity contribution in [3.8, 4) is 0 Å². The van der Waals surface area contributed by atoms with Gasteiger partial charge in [0.1, 0.15) is 0 Å². The van der Waals surface area contributed by atoms with Crippen molar-refractivity contribution in [1.82, 2.24) is 10.3 Å². The summed E-state index contributed by atoms with van der Waals surface area (Å²) < 4.78 is 0. The van der Waals surface area contributed by atoms with Gasteiger partial charge in [0.15, 0.2) is 0 Å². The number of hydrogen-bond acceptors (Lipinski definition) is 4. The van der Waals surface area contributed by atoms with E-state index >= 15 is 0 Å². The molecule has 106 valence electrons. The van der Waals surface area contributed by atoms with Crippen LogP contribution in [0.15, 0.2) is 12.3 Å². The molecule has 1 heterocycles. The Morgan fingerprint density at radius 1 is 1.42 bits per heavy atom. The minimum atomic E-state index is -0.338. The molecule has 5 heteroatoms. The van der Waals surface area contributed by atoms with Crippen molar-refractivity contribution in [2.75, 3.05) is 6.54 Å². The van der Waals surface area contributed by atoms with Crippen molar-refractivity contribution in [2.24, 2.45) is 0 Å². The summed E-state index contributed by atoms with van der Waals surface area (Å²) in [5, 5.41) is 14.4. The topological polar surface area (TPSA) is 68.1 Å². The van der Waals surface area contributed by atoms with Crippen LogP contribution in [0.25, 0.3) is 0 Å². The second-order valence-corrected chi connectivity index (χ2v) is 4.86. The zero-order valence-electron chi connectivity index (χ0n) is 12.0. The maximum absolute atomic E-state index is 10.9. The summed E-state index contributed by atoms with van der Waals surface area (Å²) in [6.07, 6.45) is 5.58. The molecule has 1 aromatic heterocycles. The molecule has 19 heavy (non-hydrogen) atoms. The SMILES string of the molecule is CCCNC(CCC)Cc1cc([N+](=O)[O-])c(C)cn1. The van der Waals surface area contributed by atoms with Crippen molar-refractivity contribution in [2.45, 2.75) is 52.5 Å². The average Bonchev–Trinajstić information content (AvgIpc) is 2.38. The second kappa shape index (κ2) is 7.84. The van der Waals surface area contributed by atoms with E-state index in [4.69, 9.17) is 0 Å². The molecule has 1 unspecified atom stereocenters. The Balaban J connectivity index is 2.78. The number of hydrogen-bond donors (Lipinski definition) is 1. The Labute approximate surface area is 114 Å². The number of nitro groups is 1. The molecule has 0 saturated carbocycles. The van der Waals surface area contributed by atoms with Crippen LogP contribution in [0.4, 0.5) is 5.69 Å². The molecule has 0 aliphatic rings. The van der Waals surface area contributed by atoms with Gasteiger partial charge in [-0.25, -0.2) is 0 Å². The van der Waals surface area contributed by atoms with Crippen LogP contribution in [0.5, 0.6) is 0 Å². The van der Waals surface area contributed by atoms with Gasteiger partial charge in [-0.15, -0.1) is 0 Å². The van der Waals surface area contributed by atoms with Gasteiger partial charge in [0.2, 0.25) is 0 Å².